The van der Waals surface area contributed by atoms with E-state index in [-0.39, 0.29) is 31.4 Å². The monoisotopic (exact) mass is 380 g/mol. The highest BCUT2D eigenvalue weighted by Gasteiger charge is 2.35. The van der Waals surface area contributed by atoms with Crippen molar-refractivity contribution in [1.82, 2.24) is 10.2 Å². The quantitative estimate of drug-likeness (QED) is 0.750. The number of carbonyl (C=O) groups is 3. The predicted octanol–water partition coefficient (Wildman–Crippen LogP) is 1.67. The summed E-state index contributed by atoms with van der Waals surface area (Å²) in [5.74, 6) is -2.44. The standard InChI is InChI=1S/C19H25FN2O5/c1-19(12-27-2,10-16(23)24)21-17(25)14-4-3-9-22(11-14)18(26)13-5-7-15(20)8-6-13/h5-8,14H,3-4,9-12H2,1-2H3,(H,21,25)(H,23,24). The van der Waals surface area contributed by atoms with E-state index < -0.39 is 23.2 Å². The van der Waals surface area contributed by atoms with Crippen LogP contribution in [0.4, 0.5) is 4.39 Å². The van der Waals surface area contributed by atoms with Crippen molar-refractivity contribution in [3.05, 3.63) is 35.6 Å². The van der Waals surface area contributed by atoms with Gasteiger partial charge in [0.25, 0.3) is 5.91 Å². The third-order valence-corrected chi connectivity index (χ3v) is 4.60. The maximum Gasteiger partial charge on any atom is 0.305 e. The average Bonchev–Trinajstić information content (AvgIpc) is 2.61. The van der Waals surface area contributed by atoms with Gasteiger partial charge >= 0.3 is 5.97 Å². The normalized spacial score (nSPS) is 19.2. The molecule has 148 valence electrons. The van der Waals surface area contributed by atoms with Gasteiger partial charge in [0.15, 0.2) is 0 Å². The van der Waals surface area contributed by atoms with Gasteiger partial charge in [-0.1, -0.05) is 0 Å². The summed E-state index contributed by atoms with van der Waals surface area (Å²) >= 11 is 0. The Kier molecular flexibility index (Phi) is 6.90. The van der Waals surface area contributed by atoms with Crippen molar-refractivity contribution >= 4 is 17.8 Å². The number of hydrogen-bond donors (Lipinski definition) is 2. The molecule has 2 N–H and O–H groups in total. The van der Waals surface area contributed by atoms with Crippen molar-refractivity contribution in [1.29, 1.82) is 0 Å². The number of piperidine rings is 1. The first kappa shape index (κ1) is 20.8. The fourth-order valence-corrected chi connectivity index (χ4v) is 3.33. The Morgan fingerprint density at radius 2 is 2.00 bits per heavy atom. The van der Waals surface area contributed by atoms with Gasteiger partial charge in [0.1, 0.15) is 5.82 Å². The van der Waals surface area contributed by atoms with Crippen LogP contribution >= 0.6 is 0 Å². The van der Waals surface area contributed by atoms with Gasteiger partial charge in [-0.25, -0.2) is 4.39 Å². The molecule has 1 saturated heterocycles. The number of carboxylic acids is 1. The minimum Gasteiger partial charge on any atom is -0.481 e. The van der Waals surface area contributed by atoms with Crippen molar-refractivity contribution in [3.8, 4) is 0 Å². The molecule has 27 heavy (non-hydrogen) atoms. The minimum absolute atomic E-state index is 0.0655. The van der Waals surface area contributed by atoms with E-state index in [9.17, 15) is 18.8 Å². The van der Waals surface area contributed by atoms with Gasteiger partial charge in [0.2, 0.25) is 5.91 Å². The lowest BCUT2D eigenvalue weighted by Gasteiger charge is -2.35. The molecule has 0 bridgehead atoms. The van der Waals surface area contributed by atoms with E-state index >= 15 is 0 Å². The van der Waals surface area contributed by atoms with Crippen molar-refractivity contribution < 1.29 is 28.6 Å². The van der Waals surface area contributed by atoms with Crippen LogP contribution in [-0.2, 0) is 14.3 Å². The largest absolute Gasteiger partial charge is 0.481 e. The van der Waals surface area contributed by atoms with Crippen LogP contribution in [0.25, 0.3) is 0 Å². The van der Waals surface area contributed by atoms with Crippen molar-refractivity contribution in [2.75, 3.05) is 26.8 Å². The van der Waals surface area contributed by atoms with E-state index in [4.69, 9.17) is 9.84 Å². The molecule has 8 heteroatoms. The molecule has 2 rings (SSSR count). The summed E-state index contributed by atoms with van der Waals surface area (Å²) in [6, 6.07) is 5.29. The molecular weight excluding hydrogens is 355 g/mol. The third kappa shape index (κ3) is 5.75. The summed E-state index contributed by atoms with van der Waals surface area (Å²) in [5, 5.41) is 11.8. The van der Waals surface area contributed by atoms with Crippen LogP contribution in [0.15, 0.2) is 24.3 Å². The maximum absolute atomic E-state index is 13.0. The summed E-state index contributed by atoms with van der Waals surface area (Å²) in [4.78, 5) is 37.9. The van der Waals surface area contributed by atoms with E-state index in [1.54, 1.807) is 11.8 Å². The van der Waals surface area contributed by atoms with Gasteiger partial charge in [-0.15, -0.1) is 0 Å². The molecule has 1 aromatic carbocycles. The van der Waals surface area contributed by atoms with Crippen molar-refractivity contribution in [3.63, 3.8) is 0 Å². The second kappa shape index (κ2) is 8.94. The highest BCUT2D eigenvalue weighted by molar-refractivity contribution is 5.94. The number of methoxy groups -OCH3 is 1. The van der Waals surface area contributed by atoms with Gasteiger partial charge in [0, 0.05) is 25.8 Å². The van der Waals surface area contributed by atoms with E-state index in [1.807, 2.05) is 0 Å². The summed E-state index contributed by atoms with van der Waals surface area (Å²) in [6.07, 6.45) is 0.998. The van der Waals surface area contributed by atoms with E-state index in [2.05, 4.69) is 5.32 Å². The molecule has 2 atom stereocenters. The molecule has 7 nitrogen and oxygen atoms in total. The Bertz CT molecular complexity index is 694. The summed E-state index contributed by atoms with van der Waals surface area (Å²) < 4.78 is 18.1. The molecule has 1 aromatic rings. The van der Waals surface area contributed by atoms with Gasteiger partial charge in [-0.2, -0.15) is 0 Å². The van der Waals surface area contributed by atoms with Crippen LogP contribution in [0.3, 0.4) is 0 Å². The van der Waals surface area contributed by atoms with Gasteiger partial charge < -0.3 is 20.1 Å². The van der Waals surface area contributed by atoms with Gasteiger partial charge in [-0.3, -0.25) is 14.4 Å². The maximum atomic E-state index is 13.0. The molecule has 2 amide bonds. The van der Waals surface area contributed by atoms with Crippen LogP contribution in [0, 0.1) is 11.7 Å². The number of amides is 2. The van der Waals surface area contributed by atoms with Crippen LogP contribution in [0.1, 0.15) is 36.5 Å². The fourth-order valence-electron chi connectivity index (χ4n) is 3.33. The number of nitrogens with one attached hydrogen (secondary N) is 1. The number of halogens is 1. The highest BCUT2D eigenvalue weighted by atomic mass is 19.1. The molecule has 0 spiro atoms. The van der Waals surface area contributed by atoms with Gasteiger partial charge in [0.05, 0.1) is 24.5 Å². The van der Waals surface area contributed by atoms with Crippen LogP contribution < -0.4 is 5.32 Å². The van der Waals surface area contributed by atoms with E-state index in [0.717, 1.165) is 0 Å². The van der Waals surface area contributed by atoms with Crippen molar-refractivity contribution in [2.45, 2.75) is 31.7 Å². The number of benzene rings is 1. The number of carbonyl (C=O) groups excluding carboxylic acids is 2. The zero-order chi connectivity index (χ0) is 20.0. The van der Waals surface area contributed by atoms with Crippen molar-refractivity contribution in [2.24, 2.45) is 5.92 Å². The Balaban J connectivity index is 2.03. The van der Waals surface area contributed by atoms with Gasteiger partial charge in [-0.05, 0) is 44.0 Å². The Morgan fingerprint density at radius 3 is 2.59 bits per heavy atom. The summed E-state index contributed by atoms with van der Waals surface area (Å²) in [7, 11) is 1.44. The molecule has 0 aliphatic carbocycles. The molecule has 1 heterocycles. The number of carboxylic acid groups (broad SMARTS) is 1. The minimum atomic E-state index is -1.04. The highest BCUT2D eigenvalue weighted by Crippen LogP contribution is 2.21. The molecule has 1 aliphatic heterocycles. The number of aliphatic carboxylic acids is 1. The molecule has 0 saturated carbocycles. The number of rotatable bonds is 7. The number of hydrogen-bond acceptors (Lipinski definition) is 4. The zero-order valence-corrected chi connectivity index (χ0v) is 15.5. The van der Waals surface area contributed by atoms with Crippen LogP contribution in [0.5, 0.6) is 0 Å². The summed E-state index contributed by atoms with van der Waals surface area (Å²) in [6.45, 7) is 2.44. The van der Waals surface area contributed by atoms with Crippen LogP contribution in [-0.4, -0.2) is 60.1 Å². The molecular formula is C19H25FN2O5. The smallest absolute Gasteiger partial charge is 0.305 e. The molecule has 2 unspecified atom stereocenters. The lowest BCUT2D eigenvalue weighted by Crippen LogP contribution is -2.55. The Hall–Kier alpha value is -2.48. The molecule has 1 aliphatic rings. The topological polar surface area (TPSA) is 95.9 Å². The molecule has 0 radical (unpaired) electrons. The lowest BCUT2D eigenvalue weighted by atomic mass is 9.93. The zero-order valence-electron chi connectivity index (χ0n) is 15.5. The average molecular weight is 380 g/mol. The van der Waals surface area contributed by atoms with E-state index in [1.165, 1.54) is 31.4 Å². The molecule has 1 fully saturated rings. The molecule has 0 aromatic heterocycles. The lowest BCUT2D eigenvalue weighted by molar-refractivity contribution is -0.140. The fraction of sp³-hybridized carbons (Fsp3) is 0.526. The summed E-state index contributed by atoms with van der Waals surface area (Å²) in [5.41, 5.74) is -0.659. The first-order chi connectivity index (χ1) is 12.7. The first-order valence-corrected chi connectivity index (χ1v) is 8.82. The first-order valence-electron chi connectivity index (χ1n) is 8.82. The Labute approximate surface area is 157 Å². The third-order valence-electron chi connectivity index (χ3n) is 4.60. The number of ether oxygens (including phenoxy) is 1. The number of nitrogens with zero attached hydrogens (tertiary/aromatic N) is 1. The van der Waals surface area contributed by atoms with Crippen LogP contribution in [0.2, 0.25) is 0 Å². The Morgan fingerprint density at radius 1 is 1.33 bits per heavy atom. The predicted molar refractivity (Wildman–Crippen MR) is 95.7 cm³/mol. The second-order valence-corrected chi connectivity index (χ2v) is 7.15. The number of likely N-dealkylation sites (tertiary alicyclic amines) is 1. The second-order valence-electron chi connectivity index (χ2n) is 7.15. The van der Waals surface area contributed by atoms with E-state index in [0.29, 0.717) is 24.9 Å². The SMILES string of the molecule is COCC(C)(CC(=O)O)NC(=O)C1CCCN(C(=O)c2ccc(F)cc2)C1.